The molecular formula is C52H100O6. The first kappa shape index (κ1) is 56.4. The van der Waals surface area contributed by atoms with E-state index in [1.165, 1.54) is 161 Å². The maximum absolute atomic E-state index is 12.7. The molecule has 0 saturated heterocycles. The zero-order valence-corrected chi connectivity index (χ0v) is 39.8. The molecule has 0 aromatic rings. The topological polar surface area (TPSA) is 78.9 Å². The summed E-state index contributed by atoms with van der Waals surface area (Å²) in [6.07, 6.45) is 42.7. The fourth-order valence-corrected chi connectivity index (χ4v) is 7.76. The largest absolute Gasteiger partial charge is 0.462 e. The molecule has 0 fully saturated rings. The molecule has 344 valence electrons. The van der Waals surface area contributed by atoms with Crippen LogP contribution in [0.3, 0.4) is 0 Å². The molecule has 6 nitrogen and oxygen atoms in total. The Bertz CT molecular complexity index is 898. The SMILES string of the molecule is CC(C)CCCCCCCCCCCCCCCCCCCCC(=O)OC[C@H](COC(=O)CCCCCCCCC(C)C)OC(=O)CCCCCCCCCC(C)C. The van der Waals surface area contributed by atoms with Crippen LogP contribution in [0.4, 0.5) is 0 Å². The predicted molar refractivity (Wildman–Crippen MR) is 247 cm³/mol. The predicted octanol–water partition coefficient (Wildman–Crippen LogP) is 16.4. The smallest absolute Gasteiger partial charge is 0.306 e. The summed E-state index contributed by atoms with van der Waals surface area (Å²) >= 11 is 0. The van der Waals surface area contributed by atoms with Crippen molar-refractivity contribution in [1.82, 2.24) is 0 Å². The van der Waals surface area contributed by atoms with Crippen molar-refractivity contribution in [2.45, 2.75) is 285 Å². The number of carbonyl (C=O) groups excluding carboxylic acids is 3. The minimum Gasteiger partial charge on any atom is -0.462 e. The third kappa shape index (κ3) is 45.5. The van der Waals surface area contributed by atoms with Gasteiger partial charge in [0.2, 0.25) is 0 Å². The van der Waals surface area contributed by atoms with Gasteiger partial charge in [-0.1, -0.05) is 241 Å². The number of unbranched alkanes of at least 4 members (excludes halogenated alkanes) is 28. The van der Waals surface area contributed by atoms with Crippen molar-refractivity contribution in [2.75, 3.05) is 13.2 Å². The van der Waals surface area contributed by atoms with Crippen LogP contribution in [0.5, 0.6) is 0 Å². The molecule has 6 heteroatoms. The maximum Gasteiger partial charge on any atom is 0.306 e. The Morgan fingerprint density at radius 1 is 0.293 bits per heavy atom. The summed E-state index contributed by atoms with van der Waals surface area (Å²) in [4.78, 5) is 37.8. The van der Waals surface area contributed by atoms with Crippen molar-refractivity contribution in [3.05, 3.63) is 0 Å². The quantitative estimate of drug-likeness (QED) is 0.0346. The Morgan fingerprint density at radius 2 is 0.500 bits per heavy atom. The van der Waals surface area contributed by atoms with E-state index in [1.807, 2.05) is 0 Å². The van der Waals surface area contributed by atoms with Crippen LogP contribution in [0, 0.1) is 17.8 Å². The lowest BCUT2D eigenvalue weighted by Gasteiger charge is -2.18. The van der Waals surface area contributed by atoms with Gasteiger partial charge in [-0.25, -0.2) is 0 Å². The number of hydrogen-bond donors (Lipinski definition) is 0. The lowest BCUT2D eigenvalue weighted by Crippen LogP contribution is -2.30. The summed E-state index contributed by atoms with van der Waals surface area (Å²) in [5, 5.41) is 0. The molecule has 0 aliphatic rings. The van der Waals surface area contributed by atoms with Gasteiger partial charge in [-0.05, 0) is 37.0 Å². The Labute approximate surface area is 361 Å². The van der Waals surface area contributed by atoms with Crippen molar-refractivity contribution >= 4 is 17.9 Å². The van der Waals surface area contributed by atoms with Gasteiger partial charge in [-0.15, -0.1) is 0 Å². The van der Waals surface area contributed by atoms with Crippen molar-refractivity contribution < 1.29 is 28.6 Å². The van der Waals surface area contributed by atoms with Gasteiger partial charge < -0.3 is 14.2 Å². The third-order valence-electron chi connectivity index (χ3n) is 11.6. The Balaban J connectivity index is 4.15. The maximum atomic E-state index is 12.7. The highest BCUT2D eigenvalue weighted by Gasteiger charge is 2.19. The highest BCUT2D eigenvalue weighted by atomic mass is 16.6. The number of carbonyl (C=O) groups is 3. The number of ether oxygens (including phenoxy) is 3. The fraction of sp³-hybridized carbons (Fsp3) is 0.942. The molecule has 0 rings (SSSR count). The minimum absolute atomic E-state index is 0.0662. The average Bonchev–Trinajstić information content (AvgIpc) is 3.18. The van der Waals surface area contributed by atoms with E-state index >= 15 is 0 Å². The van der Waals surface area contributed by atoms with Crippen LogP contribution in [0.15, 0.2) is 0 Å². The summed E-state index contributed by atoms with van der Waals surface area (Å²) < 4.78 is 16.7. The Hall–Kier alpha value is -1.59. The first-order chi connectivity index (χ1) is 28.1. The minimum atomic E-state index is -0.763. The highest BCUT2D eigenvalue weighted by molar-refractivity contribution is 5.71. The second-order valence-corrected chi connectivity index (χ2v) is 19.2. The summed E-state index contributed by atoms with van der Waals surface area (Å²) in [7, 11) is 0. The van der Waals surface area contributed by atoms with Gasteiger partial charge in [0.1, 0.15) is 13.2 Å². The van der Waals surface area contributed by atoms with E-state index in [0.717, 1.165) is 75.5 Å². The molecule has 0 aromatic heterocycles. The van der Waals surface area contributed by atoms with E-state index in [-0.39, 0.29) is 31.1 Å². The van der Waals surface area contributed by atoms with Crippen molar-refractivity contribution in [2.24, 2.45) is 17.8 Å². The summed E-state index contributed by atoms with van der Waals surface area (Å²) in [6.45, 7) is 13.6. The molecule has 0 aliphatic carbocycles. The van der Waals surface area contributed by atoms with Gasteiger partial charge in [0, 0.05) is 19.3 Å². The molecule has 0 aliphatic heterocycles. The van der Waals surface area contributed by atoms with E-state index in [2.05, 4.69) is 41.5 Å². The number of esters is 3. The second kappa shape index (κ2) is 43.5. The molecule has 0 N–H and O–H groups in total. The van der Waals surface area contributed by atoms with E-state index in [1.54, 1.807) is 0 Å². The van der Waals surface area contributed by atoms with Crippen LogP contribution in [-0.2, 0) is 28.6 Å². The molecule has 0 amide bonds. The zero-order valence-electron chi connectivity index (χ0n) is 39.8. The van der Waals surface area contributed by atoms with Gasteiger partial charge in [0.05, 0.1) is 0 Å². The van der Waals surface area contributed by atoms with Gasteiger partial charge in [-0.3, -0.25) is 14.4 Å². The van der Waals surface area contributed by atoms with Crippen LogP contribution < -0.4 is 0 Å². The monoisotopic (exact) mass is 821 g/mol. The van der Waals surface area contributed by atoms with Crippen LogP contribution in [0.2, 0.25) is 0 Å². The number of rotatable bonds is 45. The standard InChI is InChI=1S/C52H100O6/c1-46(2)38-32-26-20-17-15-13-11-9-7-8-10-12-14-16-18-22-29-35-41-50(53)56-44-49(45-57-51(54)42-36-30-25-24-28-34-40-48(5)6)58-52(55)43-37-31-23-19-21-27-33-39-47(3)4/h46-49H,7-45H2,1-6H3/t49-/m1/s1. The molecular weight excluding hydrogens is 721 g/mol. The summed E-state index contributed by atoms with van der Waals surface area (Å²) in [5.74, 6) is 1.54. The van der Waals surface area contributed by atoms with Gasteiger partial charge in [-0.2, -0.15) is 0 Å². The molecule has 0 saturated carbocycles. The lowest BCUT2D eigenvalue weighted by molar-refractivity contribution is -0.167. The molecule has 0 radical (unpaired) electrons. The van der Waals surface area contributed by atoms with Crippen molar-refractivity contribution in [3.8, 4) is 0 Å². The summed E-state index contributed by atoms with van der Waals surface area (Å²) in [6, 6.07) is 0. The van der Waals surface area contributed by atoms with Crippen molar-refractivity contribution in [1.29, 1.82) is 0 Å². The van der Waals surface area contributed by atoms with Crippen LogP contribution in [-0.4, -0.2) is 37.2 Å². The zero-order chi connectivity index (χ0) is 42.7. The molecule has 58 heavy (non-hydrogen) atoms. The average molecular weight is 821 g/mol. The Kier molecular flexibility index (Phi) is 42.3. The molecule has 0 heterocycles. The van der Waals surface area contributed by atoms with Gasteiger partial charge in [0.25, 0.3) is 0 Å². The normalized spacial score (nSPS) is 12.2. The second-order valence-electron chi connectivity index (χ2n) is 19.2. The van der Waals surface area contributed by atoms with Gasteiger partial charge >= 0.3 is 17.9 Å². The third-order valence-corrected chi connectivity index (χ3v) is 11.6. The molecule has 0 aromatic carbocycles. The first-order valence-corrected chi connectivity index (χ1v) is 25.6. The molecule has 1 atom stereocenters. The van der Waals surface area contributed by atoms with Crippen LogP contribution in [0.1, 0.15) is 279 Å². The van der Waals surface area contributed by atoms with E-state index in [0.29, 0.717) is 19.3 Å². The molecule has 0 bridgehead atoms. The van der Waals surface area contributed by atoms with Crippen LogP contribution in [0.25, 0.3) is 0 Å². The Morgan fingerprint density at radius 3 is 0.741 bits per heavy atom. The molecule has 0 spiro atoms. The number of hydrogen-bond acceptors (Lipinski definition) is 6. The first-order valence-electron chi connectivity index (χ1n) is 25.6. The molecule has 0 unspecified atom stereocenters. The highest BCUT2D eigenvalue weighted by Crippen LogP contribution is 2.17. The van der Waals surface area contributed by atoms with Crippen molar-refractivity contribution in [3.63, 3.8) is 0 Å². The fourth-order valence-electron chi connectivity index (χ4n) is 7.76. The lowest BCUT2D eigenvalue weighted by atomic mass is 10.0. The van der Waals surface area contributed by atoms with E-state index in [4.69, 9.17) is 14.2 Å². The van der Waals surface area contributed by atoms with Gasteiger partial charge in [0.15, 0.2) is 6.10 Å². The summed E-state index contributed by atoms with van der Waals surface area (Å²) in [5.41, 5.74) is 0. The van der Waals surface area contributed by atoms with E-state index < -0.39 is 6.10 Å². The van der Waals surface area contributed by atoms with E-state index in [9.17, 15) is 14.4 Å². The van der Waals surface area contributed by atoms with Crippen LogP contribution >= 0.6 is 0 Å².